The SMILES string of the molecule is O=C(P)ON1CCCC1. The zero-order valence-corrected chi connectivity index (χ0v) is 6.32. The number of rotatable bonds is 1. The molecule has 0 aromatic rings. The predicted molar refractivity (Wildman–Crippen MR) is 37.0 cm³/mol. The minimum atomic E-state index is -0.295. The first-order valence-corrected chi connectivity index (χ1v) is 3.59. The normalized spacial score (nSPS) is 20.1. The summed E-state index contributed by atoms with van der Waals surface area (Å²) in [4.78, 5) is 15.1. The molecule has 0 aromatic carbocycles. The lowest BCUT2D eigenvalue weighted by Gasteiger charge is -2.11. The van der Waals surface area contributed by atoms with E-state index in [4.69, 9.17) is 4.84 Å². The summed E-state index contributed by atoms with van der Waals surface area (Å²) in [6.45, 7) is 1.78. The molecule has 1 rings (SSSR count). The number of hydroxylamine groups is 2. The molecule has 1 heterocycles. The van der Waals surface area contributed by atoms with Crippen molar-refractivity contribution in [2.45, 2.75) is 12.8 Å². The molecule has 0 aromatic heterocycles. The molecule has 3 nitrogen and oxygen atoms in total. The molecule has 0 spiro atoms. The second kappa shape index (κ2) is 3.14. The van der Waals surface area contributed by atoms with Gasteiger partial charge < -0.3 is 4.84 Å². The van der Waals surface area contributed by atoms with Gasteiger partial charge in [-0.25, -0.2) is 4.79 Å². The summed E-state index contributed by atoms with van der Waals surface area (Å²) in [5, 5.41) is 1.69. The fourth-order valence-corrected chi connectivity index (χ4v) is 1.06. The Balaban J connectivity index is 2.19. The van der Waals surface area contributed by atoms with Crippen molar-refractivity contribution in [2.24, 2.45) is 0 Å². The van der Waals surface area contributed by atoms with Crippen LogP contribution in [0.3, 0.4) is 0 Å². The van der Waals surface area contributed by atoms with E-state index in [-0.39, 0.29) is 5.71 Å². The van der Waals surface area contributed by atoms with E-state index in [2.05, 4.69) is 0 Å². The van der Waals surface area contributed by atoms with Gasteiger partial charge in [-0.2, -0.15) is 0 Å². The third kappa shape index (κ3) is 2.29. The summed E-state index contributed by atoms with van der Waals surface area (Å²) in [6, 6.07) is 0. The maximum atomic E-state index is 10.3. The van der Waals surface area contributed by atoms with Crippen LogP contribution in [0.2, 0.25) is 0 Å². The van der Waals surface area contributed by atoms with Gasteiger partial charge in [0.2, 0.25) is 0 Å². The second-order valence-corrected chi connectivity index (χ2v) is 2.52. The van der Waals surface area contributed by atoms with Crippen molar-refractivity contribution >= 4 is 15.0 Å². The quantitative estimate of drug-likeness (QED) is 0.518. The van der Waals surface area contributed by atoms with Gasteiger partial charge in [0.05, 0.1) is 0 Å². The molecular weight excluding hydrogens is 137 g/mol. The number of carbonyl (C=O) groups excluding carboxylic acids is 1. The largest absolute Gasteiger partial charge is 0.365 e. The fourth-order valence-electron chi connectivity index (χ4n) is 0.907. The summed E-state index contributed by atoms with van der Waals surface area (Å²) in [6.07, 6.45) is 2.27. The van der Waals surface area contributed by atoms with Crippen LogP contribution < -0.4 is 0 Å². The Morgan fingerprint density at radius 1 is 1.44 bits per heavy atom. The van der Waals surface area contributed by atoms with Gasteiger partial charge >= 0.3 is 5.71 Å². The molecule has 0 amide bonds. The zero-order valence-electron chi connectivity index (χ0n) is 5.17. The smallest absolute Gasteiger partial charge is 0.338 e. The Morgan fingerprint density at radius 3 is 2.44 bits per heavy atom. The average Bonchev–Trinajstić information content (AvgIpc) is 2.15. The minimum absolute atomic E-state index is 0.295. The lowest BCUT2D eigenvalue weighted by atomic mass is 10.4. The summed E-state index contributed by atoms with van der Waals surface area (Å²) < 4.78 is 0. The van der Waals surface area contributed by atoms with E-state index in [9.17, 15) is 4.79 Å². The van der Waals surface area contributed by atoms with Gasteiger partial charge in [-0.1, -0.05) is 0 Å². The molecule has 0 aliphatic carbocycles. The van der Waals surface area contributed by atoms with Crippen LogP contribution in [-0.2, 0) is 4.84 Å². The minimum Gasteiger partial charge on any atom is -0.365 e. The van der Waals surface area contributed by atoms with Gasteiger partial charge in [-0.3, -0.25) is 0 Å². The van der Waals surface area contributed by atoms with Crippen LogP contribution in [0.25, 0.3) is 0 Å². The maximum Gasteiger partial charge on any atom is 0.338 e. The molecule has 1 atom stereocenters. The van der Waals surface area contributed by atoms with E-state index in [0.29, 0.717) is 0 Å². The van der Waals surface area contributed by atoms with Crippen LogP contribution in [0.4, 0.5) is 4.79 Å². The highest BCUT2D eigenvalue weighted by atomic mass is 31.0. The number of carbonyl (C=O) groups is 1. The first kappa shape index (κ1) is 6.97. The fraction of sp³-hybridized carbons (Fsp3) is 0.800. The van der Waals surface area contributed by atoms with Crippen molar-refractivity contribution in [3.8, 4) is 0 Å². The lowest BCUT2D eigenvalue weighted by Crippen LogP contribution is -2.20. The highest BCUT2D eigenvalue weighted by Gasteiger charge is 2.13. The van der Waals surface area contributed by atoms with E-state index in [1.54, 1.807) is 5.06 Å². The van der Waals surface area contributed by atoms with Crippen molar-refractivity contribution in [1.82, 2.24) is 5.06 Å². The molecule has 9 heavy (non-hydrogen) atoms. The van der Waals surface area contributed by atoms with Gasteiger partial charge in [0.15, 0.2) is 0 Å². The molecule has 1 aliphatic rings. The lowest BCUT2D eigenvalue weighted by molar-refractivity contribution is -0.0672. The summed E-state index contributed by atoms with van der Waals surface area (Å²) in [7, 11) is 1.99. The highest BCUT2D eigenvalue weighted by molar-refractivity contribution is 7.39. The Kier molecular flexibility index (Phi) is 2.43. The molecule has 1 fully saturated rings. The van der Waals surface area contributed by atoms with Crippen LogP contribution in [-0.4, -0.2) is 23.9 Å². The van der Waals surface area contributed by atoms with E-state index < -0.39 is 0 Å². The maximum absolute atomic E-state index is 10.3. The molecule has 4 heteroatoms. The molecular formula is C5H10NO2P. The molecule has 0 bridgehead atoms. The van der Waals surface area contributed by atoms with Crippen molar-refractivity contribution in [2.75, 3.05) is 13.1 Å². The van der Waals surface area contributed by atoms with Crippen LogP contribution in [0.1, 0.15) is 12.8 Å². The second-order valence-electron chi connectivity index (χ2n) is 2.05. The van der Waals surface area contributed by atoms with Gasteiger partial charge in [-0.15, -0.1) is 5.06 Å². The van der Waals surface area contributed by atoms with Crippen LogP contribution >= 0.6 is 9.24 Å². The van der Waals surface area contributed by atoms with Crippen molar-refractivity contribution in [3.05, 3.63) is 0 Å². The molecule has 1 aliphatic heterocycles. The zero-order chi connectivity index (χ0) is 6.69. The Hall–Kier alpha value is -0.140. The van der Waals surface area contributed by atoms with Crippen LogP contribution in [0.5, 0.6) is 0 Å². The summed E-state index contributed by atoms with van der Waals surface area (Å²) in [5.41, 5.74) is -0.295. The average molecular weight is 147 g/mol. The first-order valence-electron chi connectivity index (χ1n) is 3.01. The number of nitrogens with zero attached hydrogens (tertiary/aromatic N) is 1. The third-order valence-corrected chi connectivity index (χ3v) is 1.39. The van der Waals surface area contributed by atoms with E-state index >= 15 is 0 Å². The molecule has 1 saturated heterocycles. The van der Waals surface area contributed by atoms with Crippen LogP contribution in [0.15, 0.2) is 0 Å². The summed E-state index contributed by atoms with van der Waals surface area (Å²) in [5.74, 6) is 0. The van der Waals surface area contributed by atoms with Gasteiger partial charge in [0.25, 0.3) is 0 Å². The Morgan fingerprint density at radius 2 is 2.00 bits per heavy atom. The van der Waals surface area contributed by atoms with Gasteiger partial charge in [-0.05, 0) is 22.1 Å². The van der Waals surface area contributed by atoms with E-state index in [1.807, 2.05) is 9.24 Å². The summed E-state index contributed by atoms with van der Waals surface area (Å²) >= 11 is 0. The Labute approximate surface area is 56.5 Å². The van der Waals surface area contributed by atoms with Crippen molar-refractivity contribution in [1.29, 1.82) is 0 Å². The third-order valence-electron chi connectivity index (χ3n) is 1.28. The standard InChI is InChI=1S/C5H10NO2P/c7-5(9)8-6-3-1-2-4-6/h1-4,9H2. The van der Waals surface area contributed by atoms with Crippen LogP contribution in [0, 0.1) is 0 Å². The Bertz CT molecular complexity index is 112. The van der Waals surface area contributed by atoms with Crippen molar-refractivity contribution in [3.63, 3.8) is 0 Å². The molecule has 1 unspecified atom stereocenters. The predicted octanol–water partition coefficient (Wildman–Crippen LogP) is 1.01. The molecule has 0 saturated carbocycles. The molecule has 0 radical (unpaired) electrons. The number of hydrogen-bond donors (Lipinski definition) is 0. The van der Waals surface area contributed by atoms with Gasteiger partial charge in [0.1, 0.15) is 0 Å². The number of hydrogen-bond acceptors (Lipinski definition) is 3. The highest BCUT2D eigenvalue weighted by Crippen LogP contribution is 2.08. The van der Waals surface area contributed by atoms with Gasteiger partial charge in [0, 0.05) is 13.1 Å². The monoisotopic (exact) mass is 147 g/mol. The first-order chi connectivity index (χ1) is 4.29. The van der Waals surface area contributed by atoms with E-state index in [0.717, 1.165) is 25.9 Å². The molecule has 0 N–H and O–H groups in total. The topological polar surface area (TPSA) is 29.5 Å². The molecule has 52 valence electrons. The van der Waals surface area contributed by atoms with E-state index in [1.165, 1.54) is 0 Å². The van der Waals surface area contributed by atoms with Crippen molar-refractivity contribution < 1.29 is 9.63 Å².